The molecule has 0 spiro atoms. The van der Waals surface area contributed by atoms with E-state index >= 15 is 0 Å². The third-order valence-corrected chi connectivity index (χ3v) is 3.52. The second-order valence-electron chi connectivity index (χ2n) is 4.01. The van der Waals surface area contributed by atoms with Gasteiger partial charge in [0, 0.05) is 21.4 Å². The number of anilines is 1. The first-order chi connectivity index (χ1) is 8.83. The molecule has 1 N–H and O–H groups in total. The fraction of sp³-hybridized carbons (Fsp3) is 0.143. The molecule has 0 atom stereocenters. The molecule has 1 heterocycles. The highest BCUT2D eigenvalue weighted by molar-refractivity contribution is 14.1. The monoisotopic (exact) mass is 353 g/mol. The summed E-state index contributed by atoms with van der Waals surface area (Å²) in [4.78, 5) is 0. The third-order valence-electron chi connectivity index (χ3n) is 2.81. The van der Waals surface area contributed by atoms with Crippen molar-refractivity contribution in [2.24, 2.45) is 0 Å². The Balaban J connectivity index is 1.74. The molecule has 0 saturated carbocycles. The van der Waals surface area contributed by atoms with Crippen molar-refractivity contribution in [2.45, 2.75) is 6.54 Å². The summed E-state index contributed by atoms with van der Waals surface area (Å²) in [5.74, 6) is 1.69. The number of halogens is 1. The van der Waals surface area contributed by atoms with Gasteiger partial charge in [-0.2, -0.15) is 0 Å². The average molecular weight is 353 g/mol. The zero-order valence-electron chi connectivity index (χ0n) is 9.65. The van der Waals surface area contributed by atoms with Crippen LogP contribution < -0.4 is 14.8 Å². The van der Waals surface area contributed by atoms with Gasteiger partial charge in [-0.25, -0.2) is 0 Å². The Labute approximate surface area is 119 Å². The van der Waals surface area contributed by atoms with Gasteiger partial charge in [-0.05, 0) is 52.9 Å². The average Bonchev–Trinajstić information content (AvgIpc) is 2.87. The molecule has 0 saturated heterocycles. The van der Waals surface area contributed by atoms with Crippen LogP contribution in [0, 0.1) is 3.57 Å². The lowest BCUT2D eigenvalue weighted by atomic mass is 10.2. The molecule has 0 unspecified atom stereocenters. The predicted octanol–water partition coefficient (Wildman–Crippen LogP) is 3.63. The Morgan fingerprint density at radius 2 is 1.89 bits per heavy atom. The van der Waals surface area contributed by atoms with E-state index in [2.05, 4.69) is 52.2 Å². The van der Waals surface area contributed by atoms with Crippen LogP contribution in [0.1, 0.15) is 5.56 Å². The SMILES string of the molecule is Ic1ccc(NCc2cccc3c2OCO3)cc1. The third kappa shape index (κ3) is 2.38. The van der Waals surface area contributed by atoms with Crippen LogP contribution in [0.25, 0.3) is 0 Å². The van der Waals surface area contributed by atoms with Crippen LogP contribution in [0.15, 0.2) is 42.5 Å². The van der Waals surface area contributed by atoms with E-state index < -0.39 is 0 Å². The maximum atomic E-state index is 5.47. The molecular weight excluding hydrogens is 341 g/mol. The number of para-hydroxylation sites is 1. The van der Waals surface area contributed by atoms with E-state index in [9.17, 15) is 0 Å². The molecule has 0 aliphatic carbocycles. The molecule has 0 amide bonds. The van der Waals surface area contributed by atoms with E-state index in [4.69, 9.17) is 9.47 Å². The van der Waals surface area contributed by atoms with Crippen LogP contribution >= 0.6 is 22.6 Å². The molecule has 0 aromatic heterocycles. The summed E-state index contributed by atoms with van der Waals surface area (Å²) >= 11 is 2.30. The van der Waals surface area contributed by atoms with Crippen molar-refractivity contribution >= 4 is 28.3 Å². The fourth-order valence-corrected chi connectivity index (χ4v) is 2.25. The second kappa shape index (κ2) is 5.06. The normalized spacial score (nSPS) is 12.5. The van der Waals surface area contributed by atoms with Crippen molar-refractivity contribution in [1.29, 1.82) is 0 Å². The highest BCUT2D eigenvalue weighted by atomic mass is 127. The van der Waals surface area contributed by atoms with Gasteiger partial charge in [0.15, 0.2) is 11.5 Å². The molecule has 0 fully saturated rings. The molecule has 3 nitrogen and oxygen atoms in total. The number of ether oxygens (including phenoxy) is 2. The maximum Gasteiger partial charge on any atom is 0.231 e. The summed E-state index contributed by atoms with van der Waals surface area (Å²) in [6.07, 6.45) is 0. The van der Waals surface area contributed by atoms with Crippen LogP contribution in [0.2, 0.25) is 0 Å². The molecule has 1 aliphatic heterocycles. The van der Waals surface area contributed by atoms with Gasteiger partial charge in [0.2, 0.25) is 6.79 Å². The van der Waals surface area contributed by atoms with Crippen molar-refractivity contribution in [3.05, 3.63) is 51.6 Å². The van der Waals surface area contributed by atoms with Crippen LogP contribution in [0.4, 0.5) is 5.69 Å². The van der Waals surface area contributed by atoms with E-state index in [1.807, 2.05) is 18.2 Å². The maximum absolute atomic E-state index is 5.47. The second-order valence-corrected chi connectivity index (χ2v) is 5.26. The minimum absolute atomic E-state index is 0.315. The molecule has 2 aromatic rings. The summed E-state index contributed by atoms with van der Waals surface area (Å²) in [5.41, 5.74) is 2.22. The molecule has 3 rings (SSSR count). The first kappa shape index (κ1) is 11.6. The van der Waals surface area contributed by atoms with Gasteiger partial charge in [-0.1, -0.05) is 12.1 Å². The van der Waals surface area contributed by atoms with Gasteiger partial charge < -0.3 is 14.8 Å². The molecule has 92 valence electrons. The minimum atomic E-state index is 0.315. The van der Waals surface area contributed by atoms with Gasteiger partial charge in [0.1, 0.15) is 0 Å². The quantitative estimate of drug-likeness (QED) is 0.855. The number of nitrogens with one attached hydrogen (secondary N) is 1. The number of benzene rings is 2. The summed E-state index contributed by atoms with van der Waals surface area (Å²) in [7, 11) is 0. The molecule has 4 heteroatoms. The molecule has 18 heavy (non-hydrogen) atoms. The van der Waals surface area contributed by atoms with E-state index in [0.717, 1.165) is 29.3 Å². The van der Waals surface area contributed by atoms with Gasteiger partial charge in [0.05, 0.1) is 0 Å². The van der Waals surface area contributed by atoms with E-state index in [1.165, 1.54) is 3.57 Å². The number of rotatable bonds is 3. The van der Waals surface area contributed by atoms with Crippen molar-refractivity contribution in [3.8, 4) is 11.5 Å². The molecule has 0 bridgehead atoms. The van der Waals surface area contributed by atoms with Crippen LogP contribution in [-0.4, -0.2) is 6.79 Å². The Kier molecular flexibility index (Phi) is 3.27. The van der Waals surface area contributed by atoms with Gasteiger partial charge >= 0.3 is 0 Å². The zero-order valence-corrected chi connectivity index (χ0v) is 11.8. The van der Waals surface area contributed by atoms with Crippen LogP contribution in [-0.2, 0) is 6.54 Å². The highest BCUT2D eigenvalue weighted by Gasteiger charge is 2.16. The minimum Gasteiger partial charge on any atom is -0.454 e. The lowest BCUT2D eigenvalue weighted by molar-refractivity contribution is 0.173. The van der Waals surface area contributed by atoms with Crippen molar-refractivity contribution in [3.63, 3.8) is 0 Å². The van der Waals surface area contributed by atoms with Gasteiger partial charge in [-0.3, -0.25) is 0 Å². The van der Waals surface area contributed by atoms with Crippen molar-refractivity contribution < 1.29 is 9.47 Å². The summed E-state index contributed by atoms with van der Waals surface area (Å²) < 4.78 is 12.1. The molecule has 2 aromatic carbocycles. The molecule has 1 aliphatic rings. The smallest absolute Gasteiger partial charge is 0.231 e. The number of hydrogen-bond donors (Lipinski definition) is 1. The van der Waals surface area contributed by atoms with E-state index in [-0.39, 0.29) is 0 Å². The van der Waals surface area contributed by atoms with Crippen molar-refractivity contribution in [2.75, 3.05) is 12.1 Å². The van der Waals surface area contributed by atoms with Crippen molar-refractivity contribution in [1.82, 2.24) is 0 Å². The van der Waals surface area contributed by atoms with Crippen LogP contribution in [0.5, 0.6) is 11.5 Å². The van der Waals surface area contributed by atoms with Gasteiger partial charge in [0.25, 0.3) is 0 Å². The Morgan fingerprint density at radius 1 is 1.06 bits per heavy atom. The standard InChI is InChI=1S/C14H12INO2/c15-11-4-6-12(7-5-11)16-8-10-2-1-3-13-14(10)18-9-17-13/h1-7,16H,8-9H2. The fourth-order valence-electron chi connectivity index (χ4n) is 1.89. The summed E-state index contributed by atoms with van der Waals surface area (Å²) in [6.45, 7) is 1.04. The van der Waals surface area contributed by atoms with Gasteiger partial charge in [-0.15, -0.1) is 0 Å². The topological polar surface area (TPSA) is 30.5 Å². The number of fused-ring (bicyclic) bond motifs is 1. The Morgan fingerprint density at radius 3 is 2.72 bits per heavy atom. The molecule has 0 radical (unpaired) electrons. The largest absolute Gasteiger partial charge is 0.454 e. The Hall–Kier alpha value is -1.43. The first-order valence-electron chi connectivity index (χ1n) is 5.70. The number of hydrogen-bond acceptors (Lipinski definition) is 3. The first-order valence-corrected chi connectivity index (χ1v) is 6.78. The molecular formula is C14H12INO2. The predicted molar refractivity (Wildman–Crippen MR) is 79.1 cm³/mol. The van der Waals surface area contributed by atoms with E-state index in [1.54, 1.807) is 0 Å². The zero-order chi connectivity index (χ0) is 12.4. The summed E-state index contributed by atoms with van der Waals surface area (Å²) in [6, 6.07) is 14.3. The van der Waals surface area contributed by atoms with E-state index in [0.29, 0.717) is 6.79 Å². The highest BCUT2D eigenvalue weighted by Crippen LogP contribution is 2.35. The lowest BCUT2D eigenvalue weighted by Crippen LogP contribution is -2.01. The summed E-state index contributed by atoms with van der Waals surface area (Å²) in [5, 5.41) is 3.38. The van der Waals surface area contributed by atoms with Crippen LogP contribution in [0.3, 0.4) is 0 Å². The Bertz CT molecular complexity index is 554. The lowest BCUT2D eigenvalue weighted by Gasteiger charge is -2.08.